The van der Waals surface area contributed by atoms with Gasteiger partial charge in [0.15, 0.2) is 0 Å². The Hall–Kier alpha value is -2.44. The van der Waals surface area contributed by atoms with Gasteiger partial charge in [-0.2, -0.15) is 13.2 Å². The van der Waals surface area contributed by atoms with Crippen LogP contribution in [0.15, 0.2) is 42.9 Å². The molecule has 1 aromatic carbocycles. The summed E-state index contributed by atoms with van der Waals surface area (Å²) in [6, 6.07) is 4.82. The molecule has 1 aliphatic heterocycles. The molecular formula is C16H14F3N3O. The predicted molar refractivity (Wildman–Crippen MR) is 76.5 cm³/mol. The van der Waals surface area contributed by atoms with Crippen LogP contribution in [0.2, 0.25) is 0 Å². The van der Waals surface area contributed by atoms with Gasteiger partial charge >= 0.3 is 6.18 Å². The van der Waals surface area contributed by atoms with Gasteiger partial charge in [0.2, 0.25) is 0 Å². The minimum absolute atomic E-state index is 0.134. The minimum atomic E-state index is -4.44. The van der Waals surface area contributed by atoms with Crippen LogP contribution >= 0.6 is 0 Å². The number of halogens is 3. The Bertz CT molecular complexity index is 703. The van der Waals surface area contributed by atoms with E-state index in [0.29, 0.717) is 19.4 Å². The lowest BCUT2D eigenvalue weighted by atomic mass is 9.98. The second-order valence-electron chi connectivity index (χ2n) is 5.33. The highest BCUT2D eigenvalue weighted by molar-refractivity contribution is 5.92. The van der Waals surface area contributed by atoms with Crippen molar-refractivity contribution in [3.05, 3.63) is 59.7 Å². The van der Waals surface area contributed by atoms with Gasteiger partial charge in [-0.3, -0.25) is 9.78 Å². The van der Waals surface area contributed by atoms with Gasteiger partial charge in [0, 0.05) is 18.9 Å². The van der Waals surface area contributed by atoms with Crippen molar-refractivity contribution >= 4 is 5.91 Å². The van der Waals surface area contributed by atoms with E-state index in [-0.39, 0.29) is 11.3 Å². The fourth-order valence-corrected chi connectivity index (χ4v) is 2.94. The van der Waals surface area contributed by atoms with Crippen LogP contribution < -0.4 is 0 Å². The molecule has 1 aliphatic rings. The monoisotopic (exact) mass is 321 g/mol. The zero-order chi connectivity index (χ0) is 16.4. The first kappa shape index (κ1) is 15.5. The average molecular weight is 321 g/mol. The lowest BCUT2D eigenvalue weighted by molar-refractivity contribution is -0.138. The Morgan fingerprint density at radius 3 is 2.70 bits per heavy atom. The van der Waals surface area contributed by atoms with E-state index in [1.807, 2.05) is 0 Å². The summed E-state index contributed by atoms with van der Waals surface area (Å²) in [6.45, 7) is 0.409. The molecule has 1 atom stereocenters. The Kier molecular flexibility index (Phi) is 4.02. The van der Waals surface area contributed by atoms with Crippen LogP contribution in [0, 0.1) is 0 Å². The van der Waals surface area contributed by atoms with Crippen LogP contribution in [0.1, 0.15) is 40.5 Å². The van der Waals surface area contributed by atoms with E-state index in [4.69, 9.17) is 0 Å². The van der Waals surface area contributed by atoms with Gasteiger partial charge in [-0.15, -0.1) is 0 Å². The zero-order valence-electron chi connectivity index (χ0n) is 12.1. The third-order valence-corrected chi connectivity index (χ3v) is 3.92. The van der Waals surface area contributed by atoms with Crippen LogP contribution in [0.4, 0.5) is 13.2 Å². The molecule has 0 bridgehead atoms. The molecule has 0 radical (unpaired) electrons. The van der Waals surface area contributed by atoms with Crippen molar-refractivity contribution in [3.63, 3.8) is 0 Å². The van der Waals surface area contributed by atoms with E-state index in [1.54, 1.807) is 6.07 Å². The molecule has 4 nitrogen and oxygen atoms in total. The van der Waals surface area contributed by atoms with Gasteiger partial charge < -0.3 is 4.90 Å². The average Bonchev–Trinajstić information content (AvgIpc) is 3.03. The number of hydrogen-bond donors (Lipinski definition) is 0. The molecule has 0 spiro atoms. The van der Waals surface area contributed by atoms with E-state index >= 15 is 0 Å². The lowest BCUT2D eigenvalue weighted by Gasteiger charge is -2.27. The topological polar surface area (TPSA) is 46.1 Å². The van der Waals surface area contributed by atoms with Crippen molar-refractivity contribution in [1.82, 2.24) is 14.9 Å². The first-order valence-electron chi connectivity index (χ1n) is 7.21. The molecule has 2 aromatic rings. The smallest absolute Gasteiger partial charge is 0.330 e. The van der Waals surface area contributed by atoms with E-state index in [0.717, 1.165) is 6.07 Å². The number of carbonyl (C=O) groups excluding carboxylic acids is 1. The molecular weight excluding hydrogens is 307 g/mol. The minimum Gasteiger partial charge on any atom is -0.330 e. The molecule has 1 fully saturated rings. The normalized spacial score (nSPS) is 18.2. The molecule has 120 valence electrons. The van der Waals surface area contributed by atoms with Crippen LogP contribution in [0.3, 0.4) is 0 Å². The Morgan fingerprint density at radius 2 is 2.00 bits per heavy atom. The number of nitrogens with zero attached hydrogens (tertiary/aromatic N) is 3. The van der Waals surface area contributed by atoms with Gasteiger partial charge in [-0.1, -0.05) is 18.2 Å². The van der Waals surface area contributed by atoms with Gasteiger partial charge in [-0.25, -0.2) is 4.98 Å². The molecule has 23 heavy (non-hydrogen) atoms. The number of carbonyl (C=O) groups is 1. The molecule has 2 heterocycles. The maximum absolute atomic E-state index is 13.2. The number of aromatic nitrogens is 2. The SMILES string of the molecule is O=C(c1cnccn1)N1CCC[C@@H]1c1ccccc1C(F)(F)F. The molecule has 1 amide bonds. The summed E-state index contributed by atoms with van der Waals surface area (Å²) in [4.78, 5) is 21.8. The van der Waals surface area contributed by atoms with Crippen molar-refractivity contribution in [2.24, 2.45) is 0 Å². The molecule has 1 aromatic heterocycles. The lowest BCUT2D eigenvalue weighted by Crippen LogP contribution is -2.32. The summed E-state index contributed by atoms with van der Waals surface area (Å²) in [6.07, 6.45) is 0.870. The molecule has 7 heteroatoms. The number of benzene rings is 1. The molecule has 1 saturated heterocycles. The number of hydrogen-bond acceptors (Lipinski definition) is 3. The van der Waals surface area contributed by atoms with E-state index in [2.05, 4.69) is 9.97 Å². The van der Waals surface area contributed by atoms with Gasteiger partial charge in [-0.05, 0) is 24.5 Å². The standard InChI is InChI=1S/C16H14F3N3O/c17-16(18,19)12-5-2-1-4-11(12)14-6-3-9-22(14)15(23)13-10-20-7-8-21-13/h1-2,4-5,7-8,10,14H,3,6,9H2/t14-/m1/s1. The molecule has 3 rings (SSSR count). The molecule has 0 N–H and O–H groups in total. The summed E-state index contributed by atoms with van der Waals surface area (Å²) in [5.74, 6) is -0.391. The maximum atomic E-state index is 13.2. The summed E-state index contributed by atoms with van der Waals surface area (Å²) in [7, 11) is 0. The van der Waals surface area contributed by atoms with Crippen molar-refractivity contribution in [1.29, 1.82) is 0 Å². The van der Waals surface area contributed by atoms with Crippen LogP contribution in [-0.2, 0) is 6.18 Å². The zero-order valence-corrected chi connectivity index (χ0v) is 12.1. The number of rotatable bonds is 2. The summed E-state index contributed by atoms with van der Waals surface area (Å²) in [5, 5.41) is 0. The third kappa shape index (κ3) is 3.04. The Balaban J connectivity index is 1.96. The Morgan fingerprint density at radius 1 is 1.22 bits per heavy atom. The Labute approximate surface area is 131 Å². The molecule has 0 unspecified atom stereocenters. The number of amides is 1. The highest BCUT2D eigenvalue weighted by atomic mass is 19.4. The fourth-order valence-electron chi connectivity index (χ4n) is 2.94. The van der Waals surface area contributed by atoms with Crippen molar-refractivity contribution in [2.75, 3.05) is 6.54 Å². The van der Waals surface area contributed by atoms with Gasteiger partial charge in [0.05, 0.1) is 17.8 Å². The second kappa shape index (κ2) is 5.98. The van der Waals surface area contributed by atoms with E-state index in [1.165, 1.54) is 35.6 Å². The maximum Gasteiger partial charge on any atom is 0.416 e. The summed E-state index contributed by atoms with van der Waals surface area (Å²) >= 11 is 0. The van der Waals surface area contributed by atoms with Crippen molar-refractivity contribution in [3.8, 4) is 0 Å². The summed E-state index contributed by atoms with van der Waals surface area (Å²) in [5.41, 5.74) is -0.414. The number of alkyl halides is 3. The largest absolute Gasteiger partial charge is 0.416 e. The first-order valence-corrected chi connectivity index (χ1v) is 7.21. The van der Waals surface area contributed by atoms with E-state index < -0.39 is 23.7 Å². The van der Waals surface area contributed by atoms with E-state index in [9.17, 15) is 18.0 Å². The highest BCUT2D eigenvalue weighted by Crippen LogP contribution is 2.40. The van der Waals surface area contributed by atoms with Crippen LogP contribution in [-0.4, -0.2) is 27.3 Å². The van der Waals surface area contributed by atoms with Crippen LogP contribution in [0.5, 0.6) is 0 Å². The molecule has 0 saturated carbocycles. The third-order valence-electron chi connectivity index (χ3n) is 3.92. The van der Waals surface area contributed by atoms with Gasteiger partial charge in [0.1, 0.15) is 5.69 Å². The van der Waals surface area contributed by atoms with Crippen molar-refractivity contribution < 1.29 is 18.0 Å². The number of likely N-dealkylation sites (tertiary alicyclic amines) is 1. The summed E-state index contributed by atoms with van der Waals surface area (Å²) < 4.78 is 39.7. The van der Waals surface area contributed by atoms with Crippen molar-refractivity contribution in [2.45, 2.75) is 25.1 Å². The first-order chi connectivity index (χ1) is 11.0. The quantitative estimate of drug-likeness (QED) is 0.851. The van der Waals surface area contributed by atoms with Crippen LogP contribution in [0.25, 0.3) is 0 Å². The fraction of sp³-hybridized carbons (Fsp3) is 0.312. The van der Waals surface area contributed by atoms with Gasteiger partial charge in [0.25, 0.3) is 5.91 Å². The highest BCUT2D eigenvalue weighted by Gasteiger charge is 2.39. The second-order valence-corrected chi connectivity index (χ2v) is 5.33. The predicted octanol–water partition coefficient (Wildman–Crippen LogP) is 3.47. The molecule has 0 aliphatic carbocycles.